The van der Waals surface area contributed by atoms with Crippen LogP contribution in [0.2, 0.25) is 0 Å². The standard InChI is InChI=1S/C14H14N2O2S/c1-2-19-12-8-4-3-6-10(12)16-14(18)11-7-5-9-13(17)15-11/h3-9H,2H2,1H3,(H,15,17)(H,16,18). The highest BCUT2D eigenvalue weighted by molar-refractivity contribution is 7.99. The largest absolute Gasteiger partial charge is 0.320 e. The maximum absolute atomic E-state index is 12.0. The summed E-state index contributed by atoms with van der Waals surface area (Å²) in [5.74, 6) is 0.608. The molecule has 1 aromatic heterocycles. The van der Waals surface area contributed by atoms with Gasteiger partial charge < -0.3 is 10.3 Å². The molecule has 2 aromatic rings. The van der Waals surface area contributed by atoms with Gasteiger partial charge in [0.2, 0.25) is 5.56 Å². The predicted octanol–water partition coefficient (Wildman–Crippen LogP) is 2.74. The molecule has 0 aliphatic rings. The van der Waals surface area contributed by atoms with Gasteiger partial charge in [-0.1, -0.05) is 25.1 Å². The molecule has 0 bridgehead atoms. The lowest BCUT2D eigenvalue weighted by Crippen LogP contribution is -2.18. The molecule has 1 amide bonds. The van der Waals surface area contributed by atoms with Crippen LogP contribution in [0.4, 0.5) is 5.69 Å². The zero-order valence-corrected chi connectivity index (χ0v) is 11.3. The van der Waals surface area contributed by atoms with E-state index in [0.29, 0.717) is 0 Å². The Morgan fingerprint density at radius 1 is 1.21 bits per heavy atom. The number of carbonyl (C=O) groups is 1. The smallest absolute Gasteiger partial charge is 0.272 e. The molecule has 98 valence electrons. The second-order valence-electron chi connectivity index (χ2n) is 3.81. The zero-order valence-electron chi connectivity index (χ0n) is 10.5. The van der Waals surface area contributed by atoms with Gasteiger partial charge in [0.15, 0.2) is 0 Å². The molecule has 0 unspecified atom stereocenters. The van der Waals surface area contributed by atoms with Crippen LogP contribution in [-0.2, 0) is 0 Å². The maximum atomic E-state index is 12.0. The second kappa shape index (κ2) is 6.24. The monoisotopic (exact) mass is 274 g/mol. The summed E-state index contributed by atoms with van der Waals surface area (Å²) in [5, 5.41) is 2.81. The third-order valence-electron chi connectivity index (χ3n) is 2.45. The van der Waals surface area contributed by atoms with Crippen molar-refractivity contribution < 1.29 is 4.79 Å². The first-order valence-electron chi connectivity index (χ1n) is 5.93. The van der Waals surface area contributed by atoms with E-state index in [4.69, 9.17) is 0 Å². The van der Waals surface area contributed by atoms with E-state index < -0.39 is 0 Å². The Labute approximate surface area is 115 Å². The molecule has 0 fully saturated rings. The molecule has 1 aromatic carbocycles. The number of H-pyrrole nitrogens is 1. The summed E-state index contributed by atoms with van der Waals surface area (Å²) in [6.07, 6.45) is 0. The van der Waals surface area contributed by atoms with E-state index in [0.717, 1.165) is 16.3 Å². The minimum Gasteiger partial charge on any atom is -0.320 e. The van der Waals surface area contributed by atoms with Gasteiger partial charge in [0, 0.05) is 11.0 Å². The first-order valence-corrected chi connectivity index (χ1v) is 6.92. The van der Waals surface area contributed by atoms with Crippen LogP contribution in [-0.4, -0.2) is 16.6 Å². The van der Waals surface area contributed by atoms with Crippen LogP contribution in [0.25, 0.3) is 0 Å². The van der Waals surface area contributed by atoms with Gasteiger partial charge >= 0.3 is 0 Å². The Balaban J connectivity index is 2.21. The van der Waals surface area contributed by atoms with Crippen molar-refractivity contribution >= 4 is 23.4 Å². The normalized spacial score (nSPS) is 10.2. The first-order chi connectivity index (χ1) is 9.20. The van der Waals surface area contributed by atoms with Crippen molar-refractivity contribution in [3.05, 3.63) is 58.5 Å². The molecule has 0 atom stereocenters. The molecule has 0 spiro atoms. The molecule has 2 N–H and O–H groups in total. The van der Waals surface area contributed by atoms with Crippen molar-refractivity contribution in [2.24, 2.45) is 0 Å². The zero-order chi connectivity index (χ0) is 13.7. The number of anilines is 1. The van der Waals surface area contributed by atoms with Crippen LogP contribution in [0.15, 0.2) is 52.2 Å². The van der Waals surface area contributed by atoms with E-state index in [2.05, 4.69) is 17.2 Å². The molecule has 0 radical (unpaired) electrons. The van der Waals surface area contributed by atoms with Crippen LogP contribution in [0.1, 0.15) is 17.4 Å². The molecule has 0 saturated carbocycles. The Morgan fingerprint density at radius 2 is 2.00 bits per heavy atom. The molecule has 5 heteroatoms. The summed E-state index contributed by atoms with van der Waals surface area (Å²) < 4.78 is 0. The summed E-state index contributed by atoms with van der Waals surface area (Å²) in [7, 11) is 0. The van der Waals surface area contributed by atoms with E-state index in [-0.39, 0.29) is 17.2 Å². The van der Waals surface area contributed by atoms with Crippen molar-refractivity contribution in [3.63, 3.8) is 0 Å². The highest BCUT2D eigenvalue weighted by Crippen LogP contribution is 2.26. The van der Waals surface area contributed by atoms with E-state index in [1.807, 2.05) is 24.3 Å². The third-order valence-corrected chi connectivity index (χ3v) is 3.40. The number of aromatic amines is 1. The van der Waals surface area contributed by atoms with Crippen molar-refractivity contribution in [2.45, 2.75) is 11.8 Å². The average molecular weight is 274 g/mol. The Morgan fingerprint density at radius 3 is 2.74 bits per heavy atom. The van der Waals surface area contributed by atoms with Gasteiger partial charge in [-0.05, 0) is 24.0 Å². The van der Waals surface area contributed by atoms with Gasteiger partial charge in [-0.15, -0.1) is 11.8 Å². The number of hydrogen-bond acceptors (Lipinski definition) is 3. The van der Waals surface area contributed by atoms with E-state index in [1.54, 1.807) is 23.9 Å². The fourth-order valence-electron chi connectivity index (χ4n) is 1.62. The molecule has 0 aliphatic carbocycles. The van der Waals surface area contributed by atoms with Gasteiger partial charge in [0.05, 0.1) is 5.69 Å². The number of rotatable bonds is 4. The lowest BCUT2D eigenvalue weighted by atomic mass is 10.3. The van der Waals surface area contributed by atoms with Gasteiger partial charge in [-0.2, -0.15) is 0 Å². The summed E-state index contributed by atoms with van der Waals surface area (Å²) in [6, 6.07) is 12.1. The Kier molecular flexibility index (Phi) is 4.41. The number of para-hydroxylation sites is 1. The number of benzene rings is 1. The highest BCUT2D eigenvalue weighted by atomic mass is 32.2. The fourth-order valence-corrected chi connectivity index (χ4v) is 2.38. The predicted molar refractivity (Wildman–Crippen MR) is 77.9 cm³/mol. The minimum atomic E-state index is -0.318. The van der Waals surface area contributed by atoms with Crippen LogP contribution < -0.4 is 10.9 Å². The van der Waals surface area contributed by atoms with Crippen molar-refractivity contribution in [1.82, 2.24) is 4.98 Å². The van der Waals surface area contributed by atoms with Crippen LogP contribution in [0.5, 0.6) is 0 Å². The number of hydrogen-bond donors (Lipinski definition) is 2. The molecule has 0 aliphatic heterocycles. The molecule has 0 saturated heterocycles. The number of pyridine rings is 1. The van der Waals surface area contributed by atoms with Crippen molar-refractivity contribution in [3.8, 4) is 0 Å². The van der Waals surface area contributed by atoms with Crippen LogP contribution in [0.3, 0.4) is 0 Å². The van der Waals surface area contributed by atoms with Gasteiger partial charge in [0.25, 0.3) is 5.91 Å². The number of amides is 1. The molecule has 1 heterocycles. The van der Waals surface area contributed by atoms with Gasteiger partial charge in [-0.3, -0.25) is 9.59 Å². The molecular formula is C14H14N2O2S. The fraction of sp³-hybridized carbons (Fsp3) is 0.143. The van der Waals surface area contributed by atoms with E-state index in [1.165, 1.54) is 6.07 Å². The molecular weight excluding hydrogens is 260 g/mol. The lowest BCUT2D eigenvalue weighted by Gasteiger charge is -2.09. The summed E-state index contributed by atoms with van der Waals surface area (Å²) in [5.41, 5.74) is 0.719. The first kappa shape index (κ1) is 13.4. The highest BCUT2D eigenvalue weighted by Gasteiger charge is 2.09. The number of carbonyl (C=O) groups excluding carboxylic acids is 1. The maximum Gasteiger partial charge on any atom is 0.272 e. The summed E-state index contributed by atoms with van der Waals surface area (Å²) in [6.45, 7) is 2.05. The third kappa shape index (κ3) is 3.48. The molecule has 2 rings (SSSR count). The molecule has 4 nitrogen and oxygen atoms in total. The van der Waals surface area contributed by atoms with Crippen LogP contribution >= 0.6 is 11.8 Å². The number of aromatic nitrogens is 1. The second-order valence-corrected chi connectivity index (χ2v) is 5.12. The summed E-state index contributed by atoms with van der Waals surface area (Å²) >= 11 is 1.66. The van der Waals surface area contributed by atoms with E-state index in [9.17, 15) is 9.59 Å². The molecule has 19 heavy (non-hydrogen) atoms. The van der Waals surface area contributed by atoms with Gasteiger partial charge in [0.1, 0.15) is 5.69 Å². The summed E-state index contributed by atoms with van der Waals surface area (Å²) in [4.78, 5) is 26.7. The van der Waals surface area contributed by atoms with E-state index >= 15 is 0 Å². The van der Waals surface area contributed by atoms with Crippen LogP contribution in [0, 0.1) is 0 Å². The Hall–Kier alpha value is -2.01. The lowest BCUT2D eigenvalue weighted by molar-refractivity contribution is 0.102. The topological polar surface area (TPSA) is 62.0 Å². The number of nitrogens with one attached hydrogen (secondary N) is 2. The average Bonchev–Trinajstić information content (AvgIpc) is 2.41. The minimum absolute atomic E-state index is 0.254. The van der Waals surface area contributed by atoms with Crippen molar-refractivity contribution in [2.75, 3.05) is 11.1 Å². The van der Waals surface area contributed by atoms with Gasteiger partial charge in [-0.25, -0.2) is 0 Å². The van der Waals surface area contributed by atoms with Crippen molar-refractivity contribution in [1.29, 1.82) is 0 Å². The SMILES string of the molecule is CCSc1ccccc1NC(=O)c1cccc(=O)[nH]1. The number of thioether (sulfide) groups is 1. The Bertz CT molecular complexity index is 637. The quantitative estimate of drug-likeness (QED) is 0.843.